The van der Waals surface area contributed by atoms with Gasteiger partial charge in [0.15, 0.2) is 0 Å². The van der Waals surface area contributed by atoms with Crippen molar-refractivity contribution in [1.82, 2.24) is 4.90 Å². The molecule has 0 atom stereocenters. The second-order valence-electron chi connectivity index (χ2n) is 2.04. The number of aliphatic hydroxyl groups is 1. The van der Waals surface area contributed by atoms with E-state index in [1.54, 1.807) is 4.90 Å². The fourth-order valence-corrected chi connectivity index (χ4v) is 0.830. The molecule has 0 rings (SSSR count). The summed E-state index contributed by atoms with van der Waals surface area (Å²) in [6.45, 7) is 9.28. The van der Waals surface area contributed by atoms with E-state index < -0.39 is 0 Å². The van der Waals surface area contributed by atoms with E-state index in [-0.39, 0.29) is 18.9 Å². The number of hydrogen-bond donors (Lipinski definition) is 1. The molecule has 0 fully saturated rings. The average Bonchev–Trinajstić information content (AvgIpc) is 2.11. The molecule has 0 aromatic carbocycles. The maximum absolute atomic E-state index is 11.0. The molecule has 3 heteroatoms. The molecule has 0 aliphatic carbocycles. The van der Waals surface area contributed by atoms with Gasteiger partial charge in [0, 0.05) is 19.5 Å². The molecule has 0 radical (unpaired) electrons. The number of rotatable bonds is 4. The van der Waals surface area contributed by atoms with Crippen LogP contribution in [0.3, 0.4) is 0 Å². The Balaban J connectivity index is 0. The zero-order valence-electron chi connectivity index (χ0n) is 8.63. The van der Waals surface area contributed by atoms with E-state index in [0.29, 0.717) is 0 Å². The Hall–Kier alpha value is -0.570. The minimum Gasteiger partial charge on any atom is -0.396 e. The van der Waals surface area contributed by atoms with Gasteiger partial charge in [-0.2, -0.15) is 0 Å². The van der Waals surface area contributed by atoms with Gasteiger partial charge < -0.3 is 10.0 Å². The third-order valence-electron chi connectivity index (χ3n) is 1.44. The molecule has 0 aliphatic rings. The van der Waals surface area contributed by atoms with E-state index in [4.69, 9.17) is 5.11 Å². The zero-order chi connectivity index (χ0) is 9.98. The van der Waals surface area contributed by atoms with Gasteiger partial charge in [-0.05, 0) is 13.8 Å². The molecule has 0 spiro atoms. The van der Waals surface area contributed by atoms with Crippen LogP contribution in [0.2, 0.25) is 0 Å². The lowest BCUT2D eigenvalue weighted by Gasteiger charge is -2.17. The quantitative estimate of drug-likeness (QED) is 0.699. The Labute approximate surface area is 75.4 Å². The number of amides is 1. The highest BCUT2D eigenvalue weighted by Crippen LogP contribution is 1.91. The lowest BCUT2D eigenvalue weighted by Crippen LogP contribution is -2.30. The van der Waals surface area contributed by atoms with Crippen molar-refractivity contribution < 1.29 is 9.90 Å². The van der Waals surface area contributed by atoms with Gasteiger partial charge in [0.1, 0.15) is 0 Å². The maximum atomic E-state index is 11.0. The molecule has 0 saturated carbocycles. The monoisotopic (exact) mass is 175 g/mol. The normalized spacial score (nSPS) is 8.42. The van der Waals surface area contributed by atoms with Crippen LogP contribution in [0.1, 0.15) is 34.1 Å². The van der Waals surface area contributed by atoms with Crippen LogP contribution in [0, 0.1) is 0 Å². The van der Waals surface area contributed by atoms with Gasteiger partial charge in [-0.25, -0.2) is 0 Å². The van der Waals surface area contributed by atoms with Gasteiger partial charge in [-0.1, -0.05) is 13.8 Å². The summed E-state index contributed by atoms with van der Waals surface area (Å²) < 4.78 is 0. The molecular formula is C9H21NO2. The minimum absolute atomic E-state index is 0.0347. The number of aliphatic hydroxyl groups excluding tert-OH is 1. The smallest absolute Gasteiger partial charge is 0.224 e. The first-order valence-electron chi connectivity index (χ1n) is 4.64. The second kappa shape index (κ2) is 10.4. The SMILES string of the molecule is CC.CCN(CC)C(=O)CCO. The van der Waals surface area contributed by atoms with Gasteiger partial charge in [-0.15, -0.1) is 0 Å². The summed E-state index contributed by atoms with van der Waals surface area (Å²) >= 11 is 0. The molecule has 3 nitrogen and oxygen atoms in total. The minimum atomic E-state index is -0.0463. The van der Waals surface area contributed by atoms with Crippen molar-refractivity contribution in [3.8, 4) is 0 Å². The Kier molecular flexibility index (Phi) is 12.2. The second-order valence-corrected chi connectivity index (χ2v) is 2.04. The van der Waals surface area contributed by atoms with Gasteiger partial charge in [0.25, 0.3) is 0 Å². The van der Waals surface area contributed by atoms with Gasteiger partial charge in [0.2, 0.25) is 5.91 Å². The first kappa shape index (κ1) is 14.0. The molecule has 0 unspecified atom stereocenters. The zero-order valence-corrected chi connectivity index (χ0v) is 8.63. The third-order valence-corrected chi connectivity index (χ3v) is 1.44. The van der Waals surface area contributed by atoms with E-state index >= 15 is 0 Å². The molecule has 12 heavy (non-hydrogen) atoms. The molecule has 1 amide bonds. The van der Waals surface area contributed by atoms with Crippen LogP contribution in [0.5, 0.6) is 0 Å². The van der Waals surface area contributed by atoms with E-state index in [9.17, 15) is 4.79 Å². The standard InChI is InChI=1S/C7H15NO2.C2H6/c1-3-8(4-2)7(10)5-6-9;1-2/h9H,3-6H2,1-2H3;1-2H3. The average molecular weight is 175 g/mol. The molecule has 0 aliphatic heterocycles. The molecule has 0 heterocycles. The Morgan fingerprint density at radius 3 is 1.92 bits per heavy atom. The molecule has 0 aromatic rings. The fraction of sp³-hybridized carbons (Fsp3) is 0.889. The van der Waals surface area contributed by atoms with E-state index in [1.807, 2.05) is 27.7 Å². The van der Waals surface area contributed by atoms with Crippen LogP contribution in [-0.2, 0) is 4.79 Å². The largest absolute Gasteiger partial charge is 0.396 e. The summed E-state index contributed by atoms with van der Waals surface area (Å²) in [6, 6.07) is 0. The van der Waals surface area contributed by atoms with E-state index in [2.05, 4.69) is 0 Å². The molecule has 0 saturated heterocycles. The number of carbonyl (C=O) groups is 1. The van der Waals surface area contributed by atoms with E-state index in [1.165, 1.54) is 0 Å². The first-order valence-corrected chi connectivity index (χ1v) is 4.64. The Morgan fingerprint density at radius 1 is 1.25 bits per heavy atom. The van der Waals surface area contributed by atoms with Crippen LogP contribution in [0.4, 0.5) is 0 Å². The summed E-state index contributed by atoms with van der Waals surface area (Å²) in [5.74, 6) is 0.0347. The van der Waals surface area contributed by atoms with E-state index in [0.717, 1.165) is 13.1 Å². The van der Waals surface area contributed by atoms with Gasteiger partial charge >= 0.3 is 0 Å². The third kappa shape index (κ3) is 6.16. The summed E-state index contributed by atoms with van der Waals surface area (Å²) in [5.41, 5.74) is 0. The Morgan fingerprint density at radius 2 is 1.67 bits per heavy atom. The first-order chi connectivity index (χ1) is 5.76. The highest BCUT2D eigenvalue weighted by Gasteiger charge is 2.06. The van der Waals surface area contributed by atoms with Gasteiger partial charge in [0.05, 0.1) is 6.61 Å². The molecule has 0 bridgehead atoms. The van der Waals surface area contributed by atoms with Crippen molar-refractivity contribution in [2.24, 2.45) is 0 Å². The van der Waals surface area contributed by atoms with Crippen molar-refractivity contribution in [3.63, 3.8) is 0 Å². The van der Waals surface area contributed by atoms with Crippen molar-refractivity contribution in [1.29, 1.82) is 0 Å². The number of nitrogens with zero attached hydrogens (tertiary/aromatic N) is 1. The fourth-order valence-electron chi connectivity index (χ4n) is 0.830. The van der Waals surface area contributed by atoms with Crippen LogP contribution in [0.15, 0.2) is 0 Å². The highest BCUT2D eigenvalue weighted by molar-refractivity contribution is 5.76. The molecule has 74 valence electrons. The molecular weight excluding hydrogens is 154 g/mol. The topological polar surface area (TPSA) is 40.5 Å². The molecule has 1 N–H and O–H groups in total. The summed E-state index contributed by atoms with van der Waals surface area (Å²) in [5, 5.41) is 8.43. The summed E-state index contributed by atoms with van der Waals surface area (Å²) in [6.07, 6.45) is 0.252. The van der Waals surface area contributed by atoms with Gasteiger partial charge in [-0.3, -0.25) is 4.79 Å². The van der Waals surface area contributed by atoms with Crippen LogP contribution < -0.4 is 0 Å². The molecule has 0 aromatic heterocycles. The van der Waals surface area contributed by atoms with Crippen LogP contribution >= 0.6 is 0 Å². The summed E-state index contributed by atoms with van der Waals surface area (Å²) in [7, 11) is 0. The predicted molar refractivity (Wildman–Crippen MR) is 51.0 cm³/mol. The van der Waals surface area contributed by atoms with Crippen molar-refractivity contribution >= 4 is 5.91 Å². The number of carbonyl (C=O) groups excluding carboxylic acids is 1. The van der Waals surface area contributed by atoms with Crippen molar-refractivity contribution in [3.05, 3.63) is 0 Å². The lowest BCUT2D eigenvalue weighted by atomic mass is 10.3. The lowest BCUT2D eigenvalue weighted by molar-refractivity contribution is -0.131. The predicted octanol–water partition coefficient (Wildman–Crippen LogP) is 1.26. The Bertz CT molecular complexity index is 101. The van der Waals surface area contributed by atoms with Crippen molar-refractivity contribution in [2.75, 3.05) is 19.7 Å². The van der Waals surface area contributed by atoms with Crippen molar-refractivity contribution in [2.45, 2.75) is 34.1 Å². The maximum Gasteiger partial charge on any atom is 0.224 e. The van der Waals surface area contributed by atoms with Crippen LogP contribution in [0.25, 0.3) is 0 Å². The highest BCUT2D eigenvalue weighted by atomic mass is 16.3. The van der Waals surface area contributed by atoms with Crippen LogP contribution in [-0.4, -0.2) is 35.6 Å². The number of hydrogen-bond acceptors (Lipinski definition) is 2. The summed E-state index contributed by atoms with van der Waals surface area (Å²) in [4.78, 5) is 12.7.